The molecule has 0 bridgehead atoms. The third-order valence-corrected chi connectivity index (χ3v) is 5.56. The topological polar surface area (TPSA) is 58.3 Å². The van der Waals surface area contributed by atoms with Crippen molar-refractivity contribution in [2.75, 3.05) is 40.5 Å². The van der Waals surface area contributed by atoms with Gasteiger partial charge in [-0.05, 0) is 38.5 Å². The Morgan fingerprint density at radius 1 is 1.07 bits per heavy atom. The molecule has 1 aliphatic rings. The van der Waals surface area contributed by atoms with Gasteiger partial charge in [-0.15, -0.1) is 0 Å². The Morgan fingerprint density at radius 3 is 2.54 bits per heavy atom. The molecule has 1 aromatic carbocycles. The predicted octanol–water partition coefficient (Wildman–Crippen LogP) is 2.98. The van der Waals surface area contributed by atoms with Crippen LogP contribution < -0.4 is 9.47 Å². The van der Waals surface area contributed by atoms with Crippen molar-refractivity contribution in [3.8, 4) is 11.5 Å². The predicted molar refractivity (Wildman–Crippen MR) is 109 cm³/mol. The molecule has 0 saturated carbocycles. The Balaban J connectivity index is 1.69. The van der Waals surface area contributed by atoms with Crippen LogP contribution in [0, 0.1) is 13.8 Å². The number of piperazine rings is 1. The van der Waals surface area contributed by atoms with Crippen molar-refractivity contribution in [2.45, 2.75) is 39.4 Å². The standard InChI is InChI=1S/C22H32N2O4/c1-16-5-7-20(28-16)15-24-11-10-23(14-19(24)9-12-25)13-18-6-8-21(26-3)17(2)22(18)27-4/h5-8,19,25H,9-15H2,1-4H3. The molecule has 2 aromatic rings. The molecule has 1 aromatic heterocycles. The van der Waals surface area contributed by atoms with Crippen LogP contribution in [0.1, 0.15) is 29.1 Å². The van der Waals surface area contributed by atoms with Crippen LogP contribution in [0.15, 0.2) is 28.7 Å². The van der Waals surface area contributed by atoms with Crippen LogP contribution in [0.3, 0.4) is 0 Å². The number of aliphatic hydroxyl groups excluding tert-OH is 1. The molecular formula is C22H32N2O4. The second kappa shape index (κ2) is 9.45. The summed E-state index contributed by atoms with van der Waals surface area (Å²) in [6.07, 6.45) is 0.759. The summed E-state index contributed by atoms with van der Waals surface area (Å²) in [6.45, 7) is 8.63. The zero-order valence-corrected chi connectivity index (χ0v) is 17.4. The number of hydrogen-bond acceptors (Lipinski definition) is 6. The Labute approximate surface area is 167 Å². The number of methoxy groups -OCH3 is 2. The van der Waals surface area contributed by atoms with Crippen LogP contribution in [0.25, 0.3) is 0 Å². The van der Waals surface area contributed by atoms with Gasteiger partial charge in [-0.1, -0.05) is 6.07 Å². The minimum Gasteiger partial charge on any atom is -0.496 e. The normalized spacial score (nSPS) is 18.4. The summed E-state index contributed by atoms with van der Waals surface area (Å²) in [4.78, 5) is 4.86. The van der Waals surface area contributed by atoms with Gasteiger partial charge in [0.1, 0.15) is 23.0 Å². The largest absolute Gasteiger partial charge is 0.496 e. The third-order valence-electron chi connectivity index (χ3n) is 5.56. The first-order valence-corrected chi connectivity index (χ1v) is 9.88. The molecule has 3 rings (SSSR count). The first-order chi connectivity index (χ1) is 13.5. The Kier molecular flexibility index (Phi) is 6.99. The highest BCUT2D eigenvalue weighted by molar-refractivity contribution is 5.49. The van der Waals surface area contributed by atoms with E-state index in [1.54, 1.807) is 14.2 Å². The highest BCUT2D eigenvalue weighted by Gasteiger charge is 2.28. The molecule has 6 heteroatoms. The maximum Gasteiger partial charge on any atom is 0.129 e. The van der Waals surface area contributed by atoms with E-state index < -0.39 is 0 Å². The van der Waals surface area contributed by atoms with Gasteiger partial charge in [-0.3, -0.25) is 9.80 Å². The molecule has 2 heterocycles. The summed E-state index contributed by atoms with van der Waals surface area (Å²) in [5.74, 6) is 3.67. The van der Waals surface area contributed by atoms with E-state index >= 15 is 0 Å². The van der Waals surface area contributed by atoms with Gasteiger partial charge in [0, 0.05) is 50.0 Å². The molecule has 1 N–H and O–H groups in total. The third kappa shape index (κ3) is 4.69. The molecule has 0 aliphatic carbocycles. The van der Waals surface area contributed by atoms with E-state index in [2.05, 4.69) is 15.9 Å². The quantitative estimate of drug-likeness (QED) is 0.750. The van der Waals surface area contributed by atoms with Gasteiger partial charge in [0.2, 0.25) is 0 Å². The molecule has 0 amide bonds. The number of ether oxygens (including phenoxy) is 2. The number of furan rings is 1. The maximum absolute atomic E-state index is 9.56. The van der Waals surface area contributed by atoms with E-state index in [4.69, 9.17) is 13.9 Å². The summed E-state index contributed by atoms with van der Waals surface area (Å²) in [6, 6.07) is 8.44. The van der Waals surface area contributed by atoms with Crippen molar-refractivity contribution >= 4 is 0 Å². The fourth-order valence-corrected chi connectivity index (χ4v) is 4.10. The van der Waals surface area contributed by atoms with Gasteiger partial charge in [-0.25, -0.2) is 0 Å². The Bertz CT molecular complexity index is 774. The summed E-state index contributed by atoms with van der Waals surface area (Å²) >= 11 is 0. The first-order valence-electron chi connectivity index (χ1n) is 9.88. The molecule has 1 fully saturated rings. The van der Waals surface area contributed by atoms with Gasteiger partial charge in [0.15, 0.2) is 0 Å². The van der Waals surface area contributed by atoms with E-state index in [0.717, 1.165) is 67.7 Å². The van der Waals surface area contributed by atoms with Crippen molar-refractivity contribution in [2.24, 2.45) is 0 Å². The summed E-state index contributed by atoms with van der Waals surface area (Å²) in [7, 11) is 3.39. The highest BCUT2D eigenvalue weighted by atomic mass is 16.5. The molecular weight excluding hydrogens is 356 g/mol. The smallest absolute Gasteiger partial charge is 0.129 e. The zero-order valence-electron chi connectivity index (χ0n) is 17.4. The molecule has 1 unspecified atom stereocenters. The average molecular weight is 389 g/mol. The van der Waals surface area contributed by atoms with Crippen LogP contribution in [0.4, 0.5) is 0 Å². The zero-order chi connectivity index (χ0) is 20.1. The van der Waals surface area contributed by atoms with Gasteiger partial charge < -0.3 is 19.0 Å². The Morgan fingerprint density at radius 2 is 1.89 bits per heavy atom. The second-order valence-corrected chi connectivity index (χ2v) is 7.47. The van der Waals surface area contributed by atoms with E-state index in [0.29, 0.717) is 6.04 Å². The van der Waals surface area contributed by atoms with Crippen LogP contribution in [0.5, 0.6) is 11.5 Å². The monoisotopic (exact) mass is 388 g/mol. The van der Waals surface area contributed by atoms with Gasteiger partial charge in [0.25, 0.3) is 0 Å². The minimum absolute atomic E-state index is 0.192. The average Bonchev–Trinajstić information content (AvgIpc) is 3.09. The van der Waals surface area contributed by atoms with Crippen molar-refractivity contribution in [3.05, 3.63) is 46.9 Å². The summed E-state index contributed by atoms with van der Waals surface area (Å²) < 4.78 is 16.8. The number of hydrogen-bond donors (Lipinski definition) is 1. The summed E-state index contributed by atoms with van der Waals surface area (Å²) in [5.41, 5.74) is 2.19. The van der Waals surface area contributed by atoms with Crippen LogP contribution >= 0.6 is 0 Å². The van der Waals surface area contributed by atoms with Crippen molar-refractivity contribution in [3.63, 3.8) is 0 Å². The van der Waals surface area contributed by atoms with Gasteiger partial charge in [0.05, 0.1) is 20.8 Å². The number of aliphatic hydroxyl groups is 1. The molecule has 6 nitrogen and oxygen atoms in total. The van der Waals surface area contributed by atoms with Crippen LogP contribution in [-0.2, 0) is 13.1 Å². The number of rotatable bonds is 8. The van der Waals surface area contributed by atoms with Crippen LogP contribution in [0.2, 0.25) is 0 Å². The van der Waals surface area contributed by atoms with E-state index in [1.807, 2.05) is 32.0 Å². The highest BCUT2D eigenvalue weighted by Crippen LogP contribution is 2.32. The van der Waals surface area contributed by atoms with Crippen LogP contribution in [-0.4, -0.2) is 61.4 Å². The lowest BCUT2D eigenvalue weighted by Crippen LogP contribution is -2.52. The maximum atomic E-state index is 9.56. The fraction of sp³-hybridized carbons (Fsp3) is 0.545. The molecule has 1 aliphatic heterocycles. The van der Waals surface area contributed by atoms with E-state index in [9.17, 15) is 5.11 Å². The lowest BCUT2D eigenvalue weighted by Gasteiger charge is -2.41. The van der Waals surface area contributed by atoms with E-state index in [-0.39, 0.29) is 6.61 Å². The molecule has 154 valence electrons. The molecule has 1 saturated heterocycles. The molecule has 0 radical (unpaired) electrons. The number of aryl methyl sites for hydroxylation is 1. The summed E-state index contributed by atoms with van der Waals surface area (Å²) in [5, 5.41) is 9.56. The van der Waals surface area contributed by atoms with Gasteiger partial charge in [-0.2, -0.15) is 0 Å². The van der Waals surface area contributed by atoms with Gasteiger partial charge >= 0.3 is 0 Å². The Hall–Kier alpha value is -2.02. The van der Waals surface area contributed by atoms with E-state index in [1.165, 1.54) is 5.56 Å². The number of benzene rings is 1. The first kappa shape index (κ1) is 20.7. The lowest BCUT2D eigenvalue weighted by atomic mass is 10.0. The van der Waals surface area contributed by atoms with Crippen molar-refractivity contribution < 1.29 is 19.0 Å². The number of nitrogens with zero attached hydrogens (tertiary/aromatic N) is 2. The fourth-order valence-electron chi connectivity index (χ4n) is 4.10. The van der Waals surface area contributed by atoms with Crippen molar-refractivity contribution in [1.82, 2.24) is 9.80 Å². The molecule has 1 atom stereocenters. The molecule has 0 spiro atoms. The second-order valence-electron chi connectivity index (χ2n) is 7.47. The minimum atomic E-state index is 0.192. The molecule has 28 heavy (non-hydrogen) atoms. The van der Waals surface area contributed by atoms with Crippen molar-refractivity contribution in [1.29, 1.82) is 0 Å². The lowest BCUT2D eigenvalue weighted by molar-refractivity contribution is 0.0451. The SMILES string of the molecule is COc1ccc(CN2CCN(Cc3ccc(C)o3)C(CCO)C2)c(OC)c1C.